The SMILES string of the molecule is COC(=O)C(CO)NS(=O)(=O)c1ccccc1[N+](=O)[O-]. The Kier molecular flexibility index (Phi) is 5.13. The summed E-state index contributed by atoms with van der Waals surface area (Å²) in [5.41, 5.74) is -0.637. The maximum atomic E-state index is 12.0. The number of esters is 1. The highest BCUT2D eigenvalue weighted by atomic mass is 32.2. The van der Waals surface area contributed by atoms with Crippen LogP contribution < -0.4 is 4.72 Å². The molecule has 0 fully saturated rings. The van der Waals surface area contributed by atoms with Crippen LogP contribution in [0.5, 0.6) is 0 Å². The van der Waals surface area contributed by atoms with Crippen LogP contribution >= 0.6 is 0 Å². The van der Waals surface area contributed by atoms with Gasteiger partial charge in [-0.25, -0.2) is 8.42 Å². The highest BCUT2D eigenvalue weighted by Crippen LogP contribution is 2.22. The number of ether oxygens (including phenoxy) is 1. The number of hydrogen-bond acceptors (Lipinski definition) is 7. The summed E-state index contributed by atoms with van der Waals surface area (Å²) in [6.45, 7) is -0.841. The van der Waals surface area contributed by atoms with Gasteiger partial charge in [0.1, 0.15) is 6.04 Å². The number of nitrogens with zero attached hydrogens (tertiary/aromatic N) is 1. The maximum absolute atomic E-state index is 12.0. The van der Waals surface area contributed by atoms with E-state index in [1.165, 1.54) is 12.1 Å². The molecule has 0 radical (unpaired) electrons. The monoisotopic (exact) mass is 304 g/mol. The average molecular weight is 304 g/mol. The molecule has 0 aliphatic carbocycles. The Morgan fingerprint density at radius 3 is 2.60 bits per heavy atom. The van der Waals surface area contributed by atoms with Gasteiger partial charge in [0.05, 0.1) is 18.6 Å². The minimum Gasteiger partial charge on any atom is -0.468 e. The maximum Gasteiger partial charge on any atom is 0.326 e. The van der Waals surface area contributed by atoms with E-state index in [1.807, 2.05) is 4.72 Å². The number of nitro groups is 1. The summed E-state index contributed by atoms with van der Waals surface area (Å²) in [6, 6.07) is 3.10. The third-order valence-electron chi connectivity index (χ3n) is 2.32. The van der Waals surface area contributed by atoms with Gasteiger partial charge < -0.3 is 9.84 Å². The van der Waals surface area contributed by atoms with E-state index in [0.29, 0.717) is 0 Å². The number of hydrogen-bond donors (Lipinski definition) is 2. The van der Waals surface area contributed by atoms with Gasteiger partial charge in [0.15, 0.2) is 4.90 Å². The van der Waals surface area contributed by atoms with Crippen molar-refractivity contribution in [2.45, 2.75) is 10.9 Å². The van der Waals surface area contributed by atoms with Crippen molar-refractivity contribution >= 4 is 21.7 Å². The standard InChI is InChI=1S/C10H12N2O7S/c1-19-10(14)7(6-13)11-20(17,18)9-5-3-2-4-8(9)12(15)16/h2-5,7,11,13H,6H2,1H3. The Balaban J connectivity index is 3.18. The number of aliphatic hydroxyl groups excluding tert-OH is 1. The first-order chi connectivity index (χ1) is 9.33. The first kappa shape index (κ1) is 16.0. The number of benzene rings is 1. The van der Waals surface area contributed by atoms with Gasteiger partial charge in [-0.15, -0.1) is 0 Å². The zero-order valence-corrected chi connectivity index (χ0v) is 11.2. The number of methoxy groups -OCH3 is 1. The lowest BCUT2D eigenvalue weighted by atomic mass is 10.3. The fourth-order valence-electron chi connectivity index (χ4n) is 1.39. The largest absolute Gasteiger partial charge is 0.468 e. The summed E-state index contributed by atoms with van der Waals surface area (Å²) in [5.74, 6) is -1.00. The van der Waals surface area contributed by atoms with Gasteiger partial charge in [-0.1, -0.05) is 12.1 Å². The lowest BCUT2D eigenvalue weighted by molar-refractivity contribution is -0.387. The molecule has 9 nitrogen and oxygen atoms in total. The lowest BCUT2D eigenvalue weighted by Crippen LogP contribution is -2.44. The van der Waals surface area contributed by atoms with Crippen molar-refractivity contribution in [3.63, 3.8) is 0 Å². The van der Waals surface area contributed by atoms with E-state index in [0.717, 1.165) is 19.2 Å². The normalized spacial score (nSPS) is 12.7. The van der Waals surface area contributed by atoms with Crippen LogP contribution in [0.2, 0.25) is 0 Å². The summed E-state index contributed by atoms with van der Waals surface area (Å²) in [6.07, 6.45) is 0. The van der Waals surface area contributed by atoms with Crippen LogP contribution in [0.4, 0.5) is 5.69 Å². The van der Waals surface area contributed by atoms with Crippen LogP contribution in [-0.4, -0.2) is 44.2 Å². The predicted molar refractivity (Wildman–Crippen MR) is 66.3 cm³/mol. The van der Waals surface area contributed by atoms with E-state index in [2.05, 4.69) is 4.74 Å². The minimum atomic E-state index is -4.35. The van der Waals surface area contributed by atoms with Crippen molar-refractivity contribution in [3.8, 4) is 0 Å². The molecule has 0 aliphatic heterocycles. The van der Waals surface area contributed by atoms with Crippen molar-refractivity contribution in [2.75, 3.05) is 13.7 Å². The molecule has 0 aromatic heterocycles. The molecule has 0 amide bonds. The van der Waals surface area contributed by atoms with E-state index in [-0.39, 0.29) is 0 Å². The quantitative estimate of drug-likeness (QED) is 0.407. The zero-order chi connectivity index (χ0) is 15.3. The van der Waals surface area contributed by atoms with Crippen LogP contribution in [0.15, 0.2) is 29.2 Å². The second kappa shape index (κ2) is 6.41. The van der Waals surface area contributed by atoms with E-state index >= 15 is 0 Å². The van der Waals surface area contributed by atoms with Crippen molar-refractivity contribution in [1.29, 1.82) is 0 Å². The molecule has 0 saturated heterocycles. The third-order valence-corrected chi connectivity index (χ3v) is 3.84. The van der Waals surface area contributed by atoms with Gasteiger partial charge in [0.2, 0.25) is 10.0 Å². The highest BCUT2D eigenvalue weighted by molar-refractivity contribution is 7.89. The van der Waals surface area contributed by atoms with Crippen molar-refractivity contribution in [2.24, 2.45) is 0 Å². The van der Waals surface area contributed by atoms with Crippen LogP contribution in [-0.2, 0) is 19.6 Å². The molecule has 1 atom stereocenters. The molecule has 0 saturated carbocycles. The molecule has 110 valence electrons. The van der Waals surface area contributed by atoms with Crippen LogP contribution in [0, 0.1) is 10.1 Å². The molecular formula is C10H12N2O7S. The van der Waals surface area contributed by atoms with E-state index in [4.69, 9.17) is 5.11 Å². The molecule has 2 N–H and O–H groups in total. The smallest absolute Gasteiger partial charge is 0.326 e. The van der Waals surface area contributed by atoms with Gasteiger partial charge >= 0.3 is 5.97 Å². The summed E-state index contributed by atoms with van der Waals surface area (Å²) < 4.78 is 30.2. The Morgan fingerprint density at radius 2 is 2.10 bits per heavy atom. The first-order valence-electron chi connectivity index (χ1n) is 5.28. The van der Waals surface area contributed by atoms with E-state index < -0.39 is 44.1 Å². The molecule has 1 aromatic carbocycles. The van der Waals surface area contributed by atoms with E-state index in [9.17, 15) is 23.3 Å². The minimum absolute atomic E-state index is 0.604. The topological polar surface area (TPSA) is 136 Å². The summed E-state index contributed by atoms with van der Waals surface area (Å²) in [5, 5.41) is 19.7. The van der Waals surface area contributed by atoms with Crippen molar-refractivity contribution in [3.05, 3.63) is 34.4 Å². The summed E-state index contributed by atoms with van der Waals surface area (Å²) in [7, 11) is -3.34. The number of carbonyl (C=O) groups is 1. The number of rotatable bonds is 6. The Labute approximate surface area is 114 Å². The van der Waals surface area contributed by atoms with Crippen LogP contribution in [0.25, 0.3) is 0 Å². The molecule has 0 aliphatic rings. The Bertz CT molecular complexity index is 614. The molecule has 0 spiro atoms. The van der Waals surface area contributed by atoms with E-state index in [1.54, 1.807) is 0 Å². The number of sulfonamides is 1. The predicted octanol–water partition coefficient (Wildman–Crippen LogP) is -0.593. The Morgan fingerprint density at radius 1 is 1.50 bits per heavy atom. The number of nitrogens with one attached hydrogen (secondary N) is 1. The Hall–Kier alpha value is -2.04. The van der Waals surface area contributed by atoms with Gasteiger partial charge in [0, 0.05) is 6.07 Å². The van der Waals surface area contributed by atoms with Crippen LogP contribution in [0.1, 0.15) is 0 Å². The number of aliphatic hydroxyl groups is 1. The fraction of sp³-hybridized carbons (Fsp3) is 0.300. The molecular weight excluding hydrogens is 292 g/mol. The van der Waals surface area contributed by atoms with Gasteiger partial charge in [-0.2, -0.15) is 4.72 Å². The van der Waals surface area contributed by atoms with Crippen molar-refractivity contribution < 1.29 is 28.0 Å². The zero-order valence-electron chi connectivity index (χ0n) is 10.3. The second-order valence-electron chi connectivity index (χ2n) is 3.60. The number of nitro benzene ring substituents is 1. The fourth-order valence-corrected chi connectivity index (χ4v) is 2.74. The van der Waals surface area contributed by atoms with Gasteiger partial charge in [0.25, 0.3) is 5.69 Å². The summed E-state index contributed by atoms with van der Waals surface area (Å²) >= 11 is 0. The number of para-hydroxylation sites is 1. The summed E-state index contributed by atoms with van der Waals surface area (Å²) in [4.78, 5) is 20.5. The number of carbonyl (C=O) groups excluding carboxylic acids is 1. The van der Waals surface area contributed by atoms with Crippen molar-refractivity contribution in [1.82, 2.24) is 4.72 Å². The molecule has 10 heteroatoms. The molecule has 0 bridgehead atoms. The van der Waals surface area contributed by atoms with Crippen LogP contribution in [0.3, 0.4) is 0 Å². The lowest BCUT2D eigenvalue weighted by Gasteiger charge is -2.14. The average Bonchev–Trinajstić information content (AvgIpc) is 2.43. The first-order valence-corrected chi connectivity index (χ1v) is 6.76. The van der Waals surface area contributed by atoms with Gasteiger partial charge in [-0.05, 0) is 6.07 Å². The molecule has 1 unspecified atom stereocenters. The highest BCUT2D eigenvalue weighted by Gasteiger charge is 2.30. The molecule has 1 aromatic rings. The third kappa shape index (κ3) is 3.50. The molecule has 1 rings (SSSR count). The molecule has 20 heavy (non-hydrogen) atoms. The van der Waals surface area contributed by atoms with Gasteiger partial charge in [-0.3, -0.25) is 14.9 Å². The molecule has 0 heterocycles. The second-order valence-corrected chi connectivity index (χ2v) is 5.29.